The largest absolute Gasteiger partial charge is 0.449 e. The van der Waals surface area contributed by atoms with Crippen LogP contribution in [0.4, 0.5) is 24.5 Å². The Morgan fingerprint density at radius 2 is 1.33 bits per heavy atom. The van der Waals surface area contributed by atoms with Crippen molar-refractivity contribution in [3.05, 3.63) is 58.6 Å². The maximum Gasteiger partial charge on any atom is 0.449 e. The number of benzene rings is 2. The van der Waals surface area contributed by atoms with E-state index in [0.717, 1.165) is 0 Å². The van der Waals surface area contributed by atoms with Crippen LogP contribution in [0, 0.1) is 0 Å². The zero-order valence-corrected chi connectivity index (χ0v) is 12.0. The third-order valence-corrected chi connectivity index (χ3v) is 2.95. The Bertz CT molecular complexity index is 635. The minimum absolute atomic E-state index is 0.146. The van der Waals surface area contributed by atoms with Gasteiger partial charge in [-0.25, -0.2) is 4.99 Å². The molecule has 2 rings (SSSR count). The van der Waals surface area contributed by atoms with Gasteiger partial charge in [0, 0.05) is 15.7 Å². The van der Waals surface area contributed by atoms with E-state index in [1.807, 2.05) is 0 Å². The molecular weight excluding hydrogens is 324 g/mol. The van der Waals surface area contributed by atoms with E-state index in [1.165, 1.54) is 48.5 Å². The maximum absolute atomic E-state index is 13.0. The second-order valence-corrected chi connectivity index (χ2v) is 4.94. The Hall–Kier alpha value is -1.72. The molecule has 0 aliphatic rings. The van der Waals surface area contributed by atoms with Gasteiger partial charge in [-0.15, -0.1) is 0 Å². The molecule has 1 N–H and O–H groups in total. The van der Waals surface area contributed by atoms with Crippen molar-refractivity contribution in [2.75, 3.05) is 5.32 Å². The average molecular weight is 333 g/mol. The van der Waals surface area contributed by atoms with Gasteiger partial charge in [-0.05, 0) is 48.5 Å². The summed E-state index contributed by atoms with van der Waals surface area (Å²) in [5.74, 6) is -1.12. The van der Waals surface area contributed by atoms with Crippen molar-refractivity contribution in [2.24, 2.45) is 4.99 Å². The van der Waals surface area contributed by atoms with Crippen LogP contribution < -0.4 is 5.32 Å². The third kappa shape index (κ3) is 4.65. The number of halogens is 5. The molecule has 0 fully saturated rings. The van der Waals surface area contributed by atoms with Gasteiger partial charge in [0.1, 0.15) is 0 Å². The van der Waals surface area contributed by atoms with E-state index < -0.39 is 12.0 Å². The molecule has 0 spiro atoms. The first kappa shape index (κ1) is 15.7. The van der Waals surface area contributed by atoms with E-state index in [2.05, 4.69) is 10.3 Å². The third-order valence-electron chi connectivity index (χ3n) is 2.44. The molecule has 0 aromatic heterocycles. The van der Waals surface area contributed by atoms with Crippen LogP contribution in [0.3, 0.4) is 0 Å². The number of aliphatic imine (C=N–C) groups is 1. The molecule has 0 bridgehead atoms. The van der Waals surface area contributed by atoms with Crippen LogP contribution in [-0.2, 0) is 0 Å². The fourth-order valence-corrected chi connectivity index (χ4v) is 1.73. The van der Waals surface area contributed by atoms with Crippen molar-refractivity contribution in [2.45, 2.75) is 6.18 Å². The van der Waals surface area contributed by atoms with Crippen molar-refractivity contribution in [3.63, 3.8) is 0 Å². The zero-order chi connectivity index (χ0) is 15.5. The van der Waals surface area contributed by atoms with E-state index in [1.54, 1.807) is 0 Å². The highest BCUT2D eigenvalue weighted by atomic mass is 35.5. The van der Waals surface area contributed by atoms with Crippen molar-refractivity contribution in [1.82, 2.24) is 0 Å². The van der Waals surface area contributed by atoms with Crippen molar-refractivity contribution in [3.8, 4) is 0 Å². The van der Waals surface area contributed by atoms with Crippen LogP contribution >= 0.6 is 23.2 Å². The van der Waals surface area contributed by atoms with Gasteiger partial charge in [-0.3, -0.25) is 0 Å². The average Bonchev–Trinajstić information content (AvgIpc) is 2.42. The first-order valence-electron chi connectivity index (χ1n) is 5.78. The summed E-state index contributed by atoms with van der Waals surface area (Å²) < 4.78 is 39.0. The molecular formula is C14H9Cl2F3N2. The summed E-state index contributed by atoms with van der Waals surface area (Å²) in [7, 11) is 0. The lowest BCUT2D eigenvalue weighted by molar-refractivity contribution is -0.0586. The van der Waals surface area contributed by atoms with Crippen molar-refractivity contribution >= 4 is 40.4 Å². The Labute approximate surface area is 129 Å². The van der Waals surface area contributed by atoms with Gasteiger partial charge in [0.2, 0.25) is 5.84 Å². The molecule has 110 valence electrons. The number of amidine groups is 1. The number of nitrogens with one attached hydrogen (secondary N) is 1. The summed E-state index contributed by atoms with van der Waals surface area (Å²) in [6.07, 6.45) is -4.61. The van der Waals surface area contributed by atoms with Crippen LogP contribution in [0.15, 0.2) is 53.5 Å². The summed E-state index contributed by atoms with van der Waals surface area (Å²) in [6, 6.07) is 11.6. The smallest absolute Gasteiger partial charge is 0.336 e. The first-order chi connectivity index (χ1) is 9.84. The number of hydrogen-bond acceptors (Lipinski definition) is 1. The summed E-state index contributed by atoms with van der Waals surface area (Å²) in [5.41, 5.74) is 0.387. The number of alkyl halides is 3. The molecule has 2 nitrogen and oxygen atoms in total. The summed E-state index contributed by atoms with van der Waals surface area (Å²) >= 11 is 11.4. The molecule has 2 aromatic rings. The van der Waals surface area contributed by atoms with Crippen LogP contribution in [0.2, 0.25) is 10.0 Å². The molecule has 0 aliphatic carbocycles. The van der Waals surface area contributed by atoms with Crippen LogP contribution in [0.25, 0.3) is 0 Å². The van der Waals surface area contributed by atoms with Gasteiger partial charge in [0.25, 0.3) is 0 Å². The highest BCUT2D eigenvalue weighted by Gasteiger charge is 2.36. The lowest BCUT2D eigenvalue weighted by Crippen LogP contribution is -2.30. The lowest BCUT2D eigenvalue weighted by Gasteiger charge is -2.13. The molecule has 0 unspecified atom stereocenters. The minimum atomic E-state index is -4.61. The molecule has 0 amide bonds. The van der Waals surface area contributed by atoms with Crippen LogP contribution in [-0.4, -0.2) is 12.0 Å². The normalized spacial score (nSPS) is 12.3. The quantitative estimate of drug-likeness (QED) is 0.553. The monoisotopic (exact) mass is 332 g/mol. The number of anilines is 1. The summed E-state index contributed by atoms with van der Waals surface area (Å²) in [4.78, 5) is 3.58. The number of rotatable bonds is 2. The molecule has 21 heavy (non-hydrogen) atoms. The standard InChI is InChI=1S/C14H9Cl2F3N2/c15-9-1-5-11(6-2-9)20-13(14(17,18)19)21-12-7-3-10(16)4-8-12/h1-8H,(H,20,21). The van der Waals surface area contributed by atoms with Gasteiger partial charge in [0.15, 0.2) is 0 Å². The molecule has 0 saturated carbocycles. The molecule has 0 radical (unpaired) electrons. The van der Waals surface area contributed by atoms with E-state index in [9.17, 15) is 13.2 Å². The van der Waals surface area contributed by atoms with Crippen molar-refractivity contribution in [1.29, 1.82) is 0 Å². The second-order valence-electron chi connectivity index (χ2n) is 4.07. The van der Waals surface area contributed by atoms with E-state index in [-0.39, 0.29) is 11.4 Å². The molecule has 0 atom stereocenters. The Morgan fingerprint density at radius 3 is 1.81 bits per heavy atom. The predicted molar refractivity (Wildman–Crippen MR) is 79.7 cm³/mol. The highest BCUT2D eigenvalue weighted by Crippen LogP contribution is 2.24. The second kappa shape index (κ2) is 6.37. The highest BCUT2D eigenvalue weighted by molar-refractivity contribution is 6.31. The van der Waals surface area contributed by atoms with Crippen LogP contribution in [0.5, 0.6) is 0 Å². The number of hydrogen-bond donors (Lipinski definition) is 1. The van der Waals surface area contributed by atoms with Crippen molar-refractivity contribution < 1.29 is 13.2 Å². The van der Waals surface area contributed by atoms with Gasteiger partial charge in [0.05, 0.1) is 5.69 Å². The van der Waals surface area contributed by atoms with Gasteiger partial charge in [-0.1, -0.05) is 23.2 Å². The zero-order valence-electron chi connectivity index (χ0n) is 10.5. The van der Waals surface area contributed by atoms with E-state index in [0.29, 0.717) is 10.0 Å². The Balaban J connectivity index is 2.30. The molecule has 2 aromatic carbocycles. The van der Waals surface area contributed by atoms with Gasteiger partial charge < -0.3 is 5.32 Å². The fourth-order valence-electron chi connectivity index (χ4n) is 1.48. The van der Waals surface area contributed by atoms with E-state index in [4.69, 9.17) is 23.2 Å². The first-order valence-corrected chi connectivity index (χ1v) is 6.54. The molecule has 7 heteroatoms. The van der Waals surface area contributed by atoms with Crippen LogP contribution in [0.1, 0.15) is 0 Å². The van der Waals surface area contributed by atoms with Gasteiger partial charge in [-0.2, -0.15) is 13.2 Å². The number of nitrogens with zero attached hydrogens (tertiary/aromatic N) is 1. The predicted octanol–water partition coefficient (Wildman–Crippen LogP) is 5.70. The molecule has 0 heterocycles. The Morgan fingerprint density at radius 1 is 0.857 bits per heavy atom. The fraction of sp³-hybridized carbons (Fsp3) is 0.0714. The van der Waals surface area contributed by atoms with E-state index >= 15 is 0 Å². The maximum atomic E-state index is 13.0. The summed E-state index contributed by atoms with van der Waals surface area (Å²) in [5, 5.41) is 3.10. The summed E-state index contributed by atoms with van der Waals surface area (Å²) in [6.45, 7) is 0. The van der Waals surface area contributed by atoms with Gasteiger partial charge >= 0.3 is 6.18 Å². The molecule has 0 aliphatic heterocycles. The lowest BCUT2D eigenvalue weighted by atomic mass is 10.3. The SMILES string of the molecule is FC(F)(F)C(=Nc1ccc(Cl)cc1)Nc1ccc(Cl)cc1. The topological polar surface area (TPSA) is 24.4 Å². The Kier molecular flexibility index (Phi) is 4.75. The molecule has 0 saturated heterocycles. The minimum Gasteiger partial charge on any atom is -0.336 e.